The van der Waals surface area contributed by atoms with Crippen LogP contribution in [0.1, 0.15) is 54.6 Å². The Labute approximate surface area is 271 Å². The van der Waals surface area contributed by atoms with Gasteiger partial charge in [0.05, 0.1) is 16.3 Å². The molecular formula is C36H34F3N3O4S. The van der Waals surface area contributed by atoms with Gasteiger partial charge in [-0.15, -0.1) is 0 Å². The molecule has 1 saturated carbocycles. The molecule has 2 aromatic heterocycles. The summed E-state index contributed by atoms with van der Waals surface area (Å²) < 4.78 is 78.9. The van der Waals surface area contributed by atoms with Gasteiger partial charge in [0.25, 0.3) is 10.0 Å². The number of ether oxygens (including phenoxy) is 1. The molecule has 0 aliphatic heterocycles. The molecule has 1 aliphatic rings. The smallest absolute Gasteiger partial charge is 0.306 e. The van der Waals surface area contributed by atoms with Gasteiger partial charge in [-0.2, -0.15) is 0 Å². The van der Waals surface area contributed by atoms with Gasteiger partial charge in [0, 0.05) is 29.6 Å². The standard InChI is InChI=1S/C36H34F3N3O4S/c1-22-11-13-28(14-12-22)47(44,45)42-20-30(29-18-27(37)19-31(38)35(29)42)36-40-23(2)34(39)32(41-36)16-25-9-6-10-26(15-25)17-33(43)46-21-24-7-4-3-5-8-24/h3-5,7-8,11-14,18-20,25-26H,6,9-10,15-17,21H2,1-2H3/t25-,26+/m1/s1. The summed E-state index contributed by atoms with van der Waals surface area (Å²) in [5, 5.41) is -0.0538. The summed E-state index contributed by atoms with van der Waals surface area (Å²) >= 11 is 0. The Morgan fingerprint density at radius 2 is 1.68 bits per heavy atom. The number of esters is 1. The number of halogens is 3. The number of fused-ring (bicyclic) bond motifs is 1. The van der Waals surface area contributed by atoms with Gasteiger partial charge in [-0.3, -0.25) is 4.79 Å². The normalized spacial score (nSPS) is 16.8. The van der Waals surface area contributed by atoms with Crippen LogP contribution in [0.3, 0.4) is 0 Å². The lowest BCUT2D eigenvalue weighted by atomic mass is 9.78. The molecule has 47 heavy (non-hydrogen) atoms. The first-order chi connectivity index (χ1) is 22.5. The van der Waals surface area contributed by atoms with Gasteiger partial charge in [0.1, 0.15) is 17.9 Å². The summed E-state index contributed by atoms with van der Waals surface area (Å²) in [4.78, 5) is 21.3. The van der Waals surface area contributed by atoms with Gasteiger partial charge in [0.2, 0.25) is 0 Å². The monoisotopic (exact) mass is 661 g/mol. The molecule has 0 saturated heterocycles. The Balaban J connectivity index is 1.28. The average Bonchev–Trinajstić information content (AvgIpc) is 3.44. The summed E-state index contributed by atoms with van der Waals surface area (Å²) in [5.41, 5.74) is 1.61. The minimum absolute atomic E-state index is 0.0287. The molecule has 0 spiro atoms. The minimum Gasteiger partial charge on any atom is -0.461 e. The van der Waals surface area contributed by atoms with Crippen molar-refractivity contribution in [2.75, 3.05) is 0 Å². The van der Waals surface area contributed by atoms with Crippen molar-refractivity contribution in [2.24, 2.45) is 11.8 Å². The average molecular weight is 662 g/mol. The second kappa shape index (κ2) is 13.3. The maximum absolute atomic E-state index is 15.5. The van der Waals surface area contributed by atoms with E-state index in [1.54, 1.807) is 12.1 Å². The second-order valence-electron chi connectivity index (χ2n) is 12.3. The van der Waals surface area contributed by atoms with Crippen molar-refractivity contribution < 1.29 is 31.1 Å². The maximum atomic E-state index is 15.5. The van der Waals surface area contributed by atoms with Crippen molar-refractivity contribution in [3.63, 3.8) is 0 Å². The van der Waals surface area contributed by atoms with E-state index in [0.29, 0.717) is 12.5 Å². The van der Waals surface area contributed by atoms with Crippen molar-refractivity contribution in [1.82, 2.24) is 13.9 Å². The fourth-order valence-electron chi connectivity index (χ4n) is 6.39. The van der Waals surface area contributed by atoms with Gasteiger partial charge in [0.15, 0.2) is 17.5 Å². The molecule has 0 radical (unpaired) electrons. The van der Waals surface area contributed by atoms with Gasteiger partial charge in [-0.05, 0) is 68.7 Å². The molecule has 0 amide bonds. The largest absolute Gasteiger partial charge is 0.461 e. The zero-order valence-corrected chi connectivity index (χ0v) is 26.9. The van der Waals surface area contributed by atoms with E-state index in [9.17, 15) is 17.6 Å². The predicted molar refractivity (Wildman–Crippen MR) is 171 cm³/mol. The third-order valence-electron chi connectivity index (χ3n) is 8.76. The Morgan fingerprint density at radius 3 is 2.43 bits per heavy atom. The molecule has 2 heterocycles. The van der Waals surface area contributed by atoms with E-state index in [4.69, 9.17) is 4.74 Å². The molecule has 6 rings (SSSR count). The fraction of sp³-hybridized carbons (Fsp3) is 0.306. The number of hydrogen-bond acceptors (Lipinski definition) is 6. The first-order valence-electron chi connectivity index (χ1n) is 15.5. The molecule has 1 fully saturated rings. The Hall–Kier alpha value is -4.51. The van der Waals surface area contributed by atoms with Crippen LogP contribution in [0.15, 0.2) is 77.8 Å². The first kappa shape index (κ1) is 32.4. The van der Waals surface area contributed by atoms with Crippen molar-refractivity contribution in [1.29, 1.82) is 0 Å². The topological polar surface area (TPSA) is 91.2 Å². The predicted octanol–water partition coefficient (Wildman–Crippen LogP) is 7.85. The molecule has 5 aromatic rings. The van der Waals surface area contributed by atoms with E-state index in [1.807, 2.05) is 37.3 Å². The molecule has 2 atom stereocenters. The van der Waals surface area contributed by atoms with Crippen LogP contribution in [0.4, 0.5) is 13.2 Å². The highest BCUT2D eigenvalue weighted by molar-refractivity contribution is 7.90. The summed E-state index contributed by atoms with van der Waals surface area (Å²) in [6.07, 6.45) is 4.92. The van der Waals surface area contributed by atoms with Crippen molar-refractivity contribution in [3.8, 4) is 11.4 Å². The maximum Gasteiger partial charge on any atom is 0.306 e. The van der Waals surface area contributed by atoms with E-state index >= 15 is 8.78 Å². The molecule has 244 valence electrons. The number of aromatic nitrogens is 3. The van der Waals surface area contributed by atoms with E-state index in [0.717, 1.165) is 46.6 Å². The second-order valence-corrected chi connectivity index (χ2v) is 14.1. The lowest BCUT2D eigenvalue weighted by Crippen LogP contribution is -2.22. The van der Waals surface area contributed by atoms with E-state index in [-0.39, 0.29) is 75.8 Å². The lowest BCUT2D eigenvalue weighted by molar-refractivity contribution is -0.146. The number of rotatable bonds is 9. The fourth-order valence-corrected chi connectivity index (χ4v) is 7.77. The van der Waals surface area contributed by atoms with Gasteiger partial charge in [-0.1, -0.05) is 60.9 Å². The quantitative estimate of drug-likeness (QED) is 0.150. The zero-order chi connectivity index (χ0) is 33.3. The van der Waals surface area contributed by atoms with Crippen molar-refractivity contribution >= 4 is 26.9 Å². The lowest BCUT2D eigenvalue weighted by Gasteiger charge is -2.28. The van der Waals surface area contributed by atoms with Crippen molar-refractivity contribution in [3.05, 3.63) is 113 Å². The number of hydrogen-bond donors (Lipinski definition) is 0. The Bertz CT molecular complexity index is 2050. The van der Waals surface area contributed by atoms with Gasteiger partial charge in [-0.25, -0.2) is 35.5 Å². The Morgan fingerprint density at radius 1 is 0.957 bits per heavy atom. The van der Waals surface area contributed by atoms with Crippen LogP contribution in [-0.4, -0.2) is 28.3 Å². The number of carbonyl (C=O) groups is 1. The minimum atomic E-state index is -4.31. The molecule has 3 aromatic carbocycles. The Kier molecular flexibility index (Phi) is 9.18. The highest BCUT2D eigenvalue weighted by Gasteiger charge is 2.29. The summed E-state index contributed by atoms with van der Waals surface area (Å²) in [7, 11) is -4.31. The van der Waals surface area contributed by atoms with Crippen LogP contribution in [0.25, 0.3) is 22.3 Å². The summed E-state index contributed by atoms with van der Waals surface area (Å²) in [6, 6.07) is 17.2. The molecule has 11 heteroatoms. The third kappa shape index (κ3) is 6.95. The number of aryl methyl sites for hydroxylation is 2. The van der Waals surface area contributed by atoms with Crippen molar-refractivity contribution in [2.45, 2.75) is 63.9 Å². The molecule has 0 N–H and O–H groups in total. The summed E-state index contributed by atoms with van der Waals surface area (Å²) in [6.45, 7) is 3.49. The number of benzene rings is 3. The van der Waals surface area contributed by atoms with Crippen LogP contribution in [-0.2, 0) is 32.6 Å². The highest BCUT2D eigenvalue weighted by Crippen LogP contribution is 2.37. The van der Waals surface area contributed by atoms with Gasteiger partial charge >= 0.3 is 5.97 Å². The molecule has 0 bridgehead atoms. The summed E-state index contributed by atoms with van der Waals surface area (Å²) in [5.74, 6) is -2.77. The van der Waals surface area contributed by atoms with Crippen LogP contribution < -0.4 is 0 Å². The van der Waals surface area contributed by atoms with E-state index in [2.05, 4.69) is 9.97 Å². The molecule has 0 unspecified atom stereocenters. The van der Waals surface area contributed by atoms with Crippen LogP contribution in [0, 0.1) is 43.1 Å². The highest BCUT2D eigenvalue weighted by atomic mass is 32.2. The van der Waals surface area contributed by atoms with E-state index in [1.165, 1.54) is 19.1 Å². The zero-order valence-electron chi connectivity index (χ0n) is 26.0. The van der Waals surface area contributed by atoms with Crippen LogP contribution in [0.2, 0.25) is 0 Å². The van der Waals surface area contributed by atoms with Crippen LogP contribution >= 0.6 is 0 Å². The SMILES string of the molecule is Cc1ccc(S(=O)(=O)n2cc(-c3nc(C)c(F)c(C[C@@H]4CCC[C@H](CC(=O)OCc5ccccc5)C4)n3)c3cc(F)cc(F)c32)cc1. The van der Waals surface area contributed by atoms with Gasteiger partial charge < -0.3 is 4.74 Å². The van der Waals surface area contributed by atoms with E-state index < -0.39 is 27.5 Å². The third-order valence-corrected chi connectivity index (χ3v) is 10.4. The molecular weight excluding hydrogens is 627 g/mol. The first-order valence-corrected chi connectivity index (χ1v) is 17.0. The molecule has 7 nitrogen and oxygen atoms in total. The number of carbonyl (C=O) groups excluding carboxylic acids is 1. The van der Waals surface area contributed by atoms with Crippen LogP contribution in [0.5, 0.6) is 0 Å². The molecule has 1 aliphatic carbocycles. The number of nitrogens with zero attached hydrogens (tertiary/aromatic N) is 3.